The summed E-state index contributed by atoms with van der Waals surface area (Å²) >= 11 is 0. The van der Waals surface area contributed by atoms with Gasteiger partial charge in [-0.05, 0) is 71.3 Å². The van der Waals surface area contributed by atoms with Gasteiger partial charge in [0.05, 0.1) is 11.8 Å². The van der Waals surface area contributed by atoms with Crippen LogP contribution in [-0.4, -0.2) is 90.7 Å². The maximum Gasteiger partial charge on any atom is 0.318 e. The number of carbonyl (C=O) groups excluding carboxylic acids is 1. The number of aryl methyl sites for hydroxylation is 1. The molecule has 0 spiro atoms. The van der Waals surface area contributed by atoms with Crippen molar-refractivity contribution in [1.82, 2.24) is 19.8 Å². The number of fused-ring (bicyclic) bond motifs is 2. The summed E-state index contributed by atoms with van der Waals surface area (Å²) in [5.74, 6) is 0.977. The normalized spacial score (nSPS) is 18.5. The third-order valence-corrected chi connectivity index (χ3v) is 8.62. The lowest BCUT2D eigenvalue weighted by molar-refractivity contribution is -0.126. The van der Waals surface area contributed by atoms with Gasteiger partial charge < -0.3 is 24.3 Å². The number of ether oxygens (including phenoxy) is 1. The van der Waals surface area contributed by atoms with Crippen LogP contribution >= 0.6 is 0 Å². The van der Waals surface area contributed by atoms with Crippen molar-refractivity contribution in [2.24, 2.45) is 0 Å². The second-order valence-electron chi connectivity index (χ2n) is 11.8. The zero-order valence-electron chi connectivity index (χ0n) is 25.4. The molecule has 1 fully saturated rings. The molecular weight excluding hydrogens is 514 g/mol. The van der Waals surface area contributed by atoms with Crippen LogP contribution in [0, 0.1) is 11.3 Å². The van der Waals surface area contributed by atoms with E-state index in [1.807, 2.05) is 4.90 Å². The zero-order valence-corrected chi connectivity index (χ0v) is 25.4. The van der Waals surface area contributed by atoms with Gasteiger partial charge in [0, 0.05) is 68.9 Å². The molecular formula is C32H45N7O2. The number of amides is 1. The minimum Gasteiger partial charge on any atom is -0.461 e. The van der Waals surface area contributed by atoms with Crippen LogP contribution in [-0.2, 0) is 24.1 Å². The number of nitrogens with zero attached hydrogens (tertiary/aromatic N) is 7. The highest BCUT2D eigenvalue weighted by Gasteiger charge is 2.33. The minimum atomic E-state index is -0.143. The van der Waals surface area contributed by atoms with Gasteiger partial charge in [-0.2, -0.15) is 15.2 Å². The van der Waals surface area contributed by atoms with Crippen molar-refractivity contribution in [3.8, 4) is 12.1 Å². The first-order valence-electron chi connectivity index (χ1n) is 14.7. The Morgan fingerprint density at radius 2 is 1.88 bits per heavy atom. The molecule has 2 aromatic rings. The number of para-hydroxylation sites is 1. The molecule has 1 aliphatic carbocycles. The van der Waals surface area contributed by atoms with Gasteiger partial charge in [-0.1, -0.05) is 24.8 Å². The average Bonchev–Trinajstić information content (AvgIpc) is 2.99. The molecule has 5 rings (SSSR count). The number of likely N-dealkylation sites (N-methyl/N-ethyl adjacent to an activating group) is 1. The Hall–Kier alpha value is -3.64. The lowest BCUT2D eigenvalue weighted by atomic mass is 9.88. The van der Waals surface area contributed by atoms with Gasteiger partial charge >= 0.3 is 6.01 Å². The summed E-state index contributed by atoms with van der Waals surface area (Å²) in [6.45, 7) is 13.8. The van der Waals surface area contributed by atoms with Crippen LogP contribution in [0.4, 0.5) is 11.5 Å². The van der Waals surface area contributed by atoms with Gasteiger partial charge in [0.15, 0.2) is 0 Å². The summed E-state index contributed by atoms with van der Waals surface area (Å²) in [5.41, 5.74) is 5.05. The molecule has 1 amide bonds. The number of piperazine rings is 1. The molecule has 1 unspecified atom stereocenters. The van der Waals surface area contributed by atoms with E-state index in [1.54, 1.807) is 6.07 Å². The summed E-state index contributed by atoms with van der Waals surface area (Å²) in [6, 6.07) is 11.5. The summed E-state index contributed by atoms with van der Waals surface area (Å²) in [5, 5.41) is 7.32. The van der Waals surface area contributed by atoms with E-state index in [0.29, 0.717) is 31.7 Å². The number of carbonyl (C=O) groups is 1. The van der Waals surface area contributed by atoms with E-state index < -0.39 is 0 Å². The van der Waals surface area contributed by atoms with Crippen molar-refractivity contribution in [1.29, 1.82) is 5.26 Å². The number of benzene rings is 1. The van der Waals surface area contributed by atoms with Gasteiger partial charge in [-0.25, -0.2) is 0 Å². The van der Waals surface area contributed by atoms with Crippen molar-refractivity contribution in [2.75, 3.05) is 63.2 Å². The first kappa shape index (κ1) is 30.3. The van der Waals surface area contributed by atoms with Crippen LogP contribution < -0.4 is 14.5 Å². The van der Waals surface area contributed by atoms with Crippen LogP contribution in [0.25, 0.3) is 0 Å². The molecule has 220 valence electrons. The fourth-order valence-corrected chi connectivity index (χ4v) is 5.73. The van der Waals surface area contributed by atoms with E-state index in [4.69, 9.17) is 20.0 Å². The number of nitriles is 1. The van der Waals surface area contributed by atoms with Gasteiger partial charge in [-0.3, -0.25) is 4.79 Å². The Balaban J connectivity index is 0.00000124. The van der Waals surface area contributed by atoms with E-state index in [-0.39, 0.29) is 11.4 Å². The standard InChI is InChI=1S/C30H42N6O2.C2H3N/c1-6-27(37)34-16-18-35(19-17-34)28-24-14-13-23(36-15-9-11-22-10-7-8-12-26(22)36)20-25(24)31-29(32-28)38-21-30(2,3)33(4)5;1-2-3/h6-8,10,12,23H,1,9,11,13-21H2,2-5H3;1H3. The molecule has 3 heterocycles. The predicted molar refractivity (Wildman–Crippen MR) is 163 cm³/mol. The van der Waals surface area contributed by atoms with Gasteiger partial charge in [0.1, 0.15) is 12.4 Å². The maximum atomic E-state index is 12.1. The number of aromatic nitrogens is 2. The van der Waals surface area contributed by atoms with E-state index in [0.717, 1.165) is 56.8 Å². The van der Waals surface area contributed by atoms with Gasteiger partial charge in [-0.15, -0.1) is 0 Å². The Morgan fingerprint density at radius 1 is 1.17 bits per heavy atom. The van der Waals surface area contributed by atoms with Crippen molar-refractivity contribution in [3.63, 3.8) is 0 Å². The number of hydrogen-bond acceptors (Lipinski definition) is 8. The van der Waals surface area contributed by atoms with Crippen molar-refractivity contribution in [2.45, 2.75) is 64.5 Å². The SMILES string of the molecule is C=CC(=O)N1CCN(c2nc(OCC(C)(C)N(C)C)nc3c2CCC(N2CCCc4ccccc42)C3)CC1.CC#N. The molecule has 9 nitrogen and oxygen atoms in total. The first-order chi connectivity index (χ1) is 19.7. The fourth-order valence-electron chi connectivity index (χ4n) is 5.73. The zero-order chi connectivity index (χ0) is 29.6. The van der Waals surface area contributed by atoms with Crippen LogP contribution in [0.5, 0.6) is 6.01 Å². The Morgan fingerprint density at radius 3 is 2.56 bits per heavy atom. The maximum absolute atomic E-state index is 12.1. The second-order valence-corrected chi connectivity index (χ2v) is 11.8. The highest BCUT2D eigenvalue weighted by Crippen LogP contribution is 2.36. The fraction of sp³-hybridized carbons (Fsp3) is 0.562. The summed E-state index contributed by atoms with van der Waals surface area (Å²) in [7, 11) is 4.13. The topological polar surface area (TPSA) is 88.8 Å². The van der Waals surface area contributed by atoms with Crippen LogP contribution in [0.2, 0.25) is 0 Å². The summed E-state index contributed by atoms with van der Waals surface area (Å²) in [6.07, 6.45) is 6.67. The number of hydrogen-bond donors (Lipinski definition) is 0. The van der Waals surface area contributed by atoms with Crippen molar-refractivity contribution >= 4 is 17.4 Å². The van der Waals surface area contributed by atoms with Crippen LogP contribution in [0.15, 0.2) is 36.9 Å². The molecule has 0 saturated carbocycles. The van der Waals surface area contributed by atoms with Crippen LogP contribution in [0.1, 0.15) is 50.4 Å². The lowest BCUT2D eigenvalue weighted by Crippen LogP contribution is -2.49. The smallest absolute Gasteiger partial charge is 0.318 e. The minimum absolute atomic E-state index is 0.00559. The molecule has 1 saturated heterocycles. The van der Waals surface area contributed by atoms with Gasteiger partial charge in [0.2, 0.25) is 5.91 Å². The largest absolute Gasteiger partial charge is 0.461 e. The van der Waals surface area contributed by atoms with Gasteiger partial charge in [0.25, 0.3) is 0 Å². The molecule has 0 radical (unpaired) electrons. The Kier molecular flexibility index (Phi) is 9.87. The monoisotopic (exact) mass is 559 g/mol. The van der Waals surface area contributed by atoms with Crippen LogP contribution in [0.3, 0.4) is 0 Å². The van der Waals surface area contributed by atoms with Crippen molar-refractivity contribution in [3.05, 3.63) is 53.7 Å². The van der Waals surface area contributed by atoms with E-state index in [2.05, 4.69) is 73.5 Å². The van der Waals surface area contributed by atoms with Crippen molar-refractivity contribution < 1.29 is 9.53 Å². The predicted octanol–water partition coefficient (Wildman–Crippen LogP) is 3.87. The number of rotatable bonds is 7. The Labute approximate surface area is 245 Å². The summed E-state index contributed by atoms with van der Waals surface area (Å²) in [4.78, 5) is 31.1. The Bertz CT molecular complexity index is 1260. The quantitative estimate of drug-likeness (QED) is 0.473. The van der Waals surface area contributed by atoms with E-state index in [1.165, 1.54) is 36.2 Å². The van der Waals surface area contributed by atoms with E-state index >= 15 is 0 Å². The third kappa shape index (κ3) is 6.99. The molecule has 0 bridgehead atoms. The molecule has 1 aromatic carbocycles. The van der Waals surface area contributed by atoms with E-state index in [9.17, 15) is 4.79 Å². The molecule has 9 heteroatoms. The molecule has 1 aromatic heterocycles. The first-order valence-corrected chi connectivity index (χ1v) is 14.7. The molecule has 3 aliphatic rings. The molecule has 41 heavy (non-hydrogen) atoms. The second kappa shape index (κ2) is 13.3. The lowest BCUT2D eigenvalue weighted by Gasteiger charge is -2.41. The average molecular weight is 560 g/mol. The molecule has 2 aliphatic heterocycles. The number of anilines is 2. The molecule has 1 atom stereocenters. The third-order valence-electron chi connectivity index (χ3n) is 8.62. The summed E-state index contributed by atoms with van der Waals surface area (Å²) < 4.78 is 6.26. The molecule has 0 N–H and O–H groups in total. The highest BCUT2D eigenvalue weighted by molar-refractivity contribution is 5.87. The highest BCUT2D eigenvalue weighted by atomic mass is 16.5.